The van der Waals surface area contributed by atoms with Crippen molar-refractivity contribution in [2.75, 3.05) is 25.6 Å². The van der Waals surface area contributed by atoms with Crippen LogP contribution in [0, 0.1) is 0 Å². The third-order valence-corrected chi connectivity index (χ3v) is 3.03. The molecule has 1 rings (SSSR count). The summed E-state index contributed by atoms with van der Waals surface area (Å²) in [5, 5.41) is 9.50. The first-order valence-corrected chi connectivity index (χ1v) is 5.80. The van der Waals surface area contributed by atoms with Crippen LogP contribution in [0.5, 0.6) is 0 Å². The summed E-state index contributed by atoms with van der Waals surface area (Å²) in [6, 6.07) is 0.434. The highest BCUT2D eigenvalue weighted by atomic mass is 35.5. The Kier molecular flexibility index (Phi) is 5.17. The molecule has 0 aliphatic carbocycles. The normalized spacial score (nSPS) is 31.7. The number of morpholine rings is 1. The van der Waals surface area contributed by atoms with Crippen LogP contribution in [0.4, 0.5) is 0 Å². The fourth-order valence-corrected chi connectivity index (χ4v) is 1.93. The average molecular weight is 222 g/mol. The van der Waals surface area contributed by atoms with E-state index in [1.807, 2.05) is 0 Å². The fraction of sp³-hybridized carbons (Fsp3) is 1.00. The fourth-order valence-electron chi connectivity index (χ4n) is 1.83. The van der Waals surface area contributed by atoms with Crippen LogP contribution >= 0.6 is 11.6 Å². The largest absolute Gasteiger partial charge is 0.391 e. The van der Waals surface area contributed by atoms with Gasteiger partial charge in [0.1, 0.15) is 0 Å². The van der Waals surface area contributed by atoms with Gasteiger partial charge in [0, 0.05) is 25.0 Å². The van der Waals surface area contributed by atoms with E-state index in [0.717, 1.165) is 19.6 Å². The van der Waals surface area contributed by atoms with E-state index in [1.54, 1.807) is 0 Å². The van der Waals surface area contributed by atoms with E-state index < -0.39 is 6.10 Å². The van der Waals surface area contributed by atoms with Crippen LogP contribution in [0.15, 0.2) is 0 Å². The van der Waals surface area contributed by atoms with Gasteiger partial charge in [0.25, 0.3) is 0 Å². The zero-order chi connectivity index (χ0) is 10.6. The molecule has 0 bridgehead atoms. The lowest BCUT2D eigenvalue weighted by atomic mass is 10.1. The molecule has 1 aliphatic heterocycles. The maximum atomic E-state index is 9.50. The Labute approximate surface area is 91.0 Å². The molecular formula is C10H20ClNO2. The molecule has 84 valence electrons. The molecule has 0 spiro atoms. The summed E-state index contributed by atoms with van der Waals surface area (Å²) >= 11 is 5.59. The SMILES string of the molecule is CCC1COC(C)CN1CC(O)CCl. The average Bonchev–Trinajstić information content (AvgIpc) is 2.18. The quantitative estimate of drug-likeness (QED) is 0.722. The zero-order valence-corrected chi connectivity index (χ0v) is 9.70. The molecule has 3 nitrogen and oxygen atoms in total. The monoisotopic (exact) mass is 221 g/mol. The number of rotatable bonds is 4. The summed E-state index contributed by atoms with van der Waals surface area (Å²) in [6.07, 6.45) is 0.901. The molecule has 0 aromatic carbocycles. The third kappa shape index (κ3) is 3.39. The number of halogens is 1. The van der Waals surface area contributed by atoms with Crippen LogP contribution in [0.2, 0.25) is 0 Å². The van der Waals surface area contributed by atoms with Crippen LogP contribution in [-0.4, -0.2) is 53.8 Å². The van der Waals surface area contributed by atoms with Crippen molar-refractivity contribution in [2.45, 2.75) is 38.5 Å². The molecule has 3 atom stereocenters. The van der Waals surface area contributed by atoms with Gasteiger partial charge in [-0.25, -0.2) is 0 Å². The van der Waals surface area contributed by atoms with Crippen LogP contribution < -0.4 is 0 Å². The van der Waals surface area contributed by atoms with E-state index in [9.17, 15) is 5.11 Å². The molecule has 1 fully saturated rings. The lowest BCUT2D eigenvalue weighted by molar-refractivity contribution is -0.0659. The van der Waals surface area contributed by atoms with Crippen LogP contribution in [-0.2, 0) is 4.74 Å². The van der Waals surface area contributed by atoms with Crippen LogP contribution in [0.3, 0.4) is 0 Å². The van der Waals surface area contributed by atoms with E-state index in [0.29, 0.717) is 18.5 Å². The maximum absolute atomic E-state index is 9.50. The van der Waals surface area contributed by atoms with E-state index in [-0.39, 0.29) is 6.10 Å². The first-order chi connectivity index (χ1) is 6.67. The summed E-state index contributed by atoms with van der Waals surface area (Å²) in [7, 11) is 0. The van der Waals surface area contributed by atoms with Gasteiger partial charge in [0.05, 0.1) is 18.8 Å². The van der Waals surface area contributed by atoms with Gasteiger partial charge >= 0.3 is 0 Å². The van der Waals surface area contributed by atoms with Crippen molar-refractivity contribution in [1.82, 2.24) is 4.90 Å². The number of aliphatic hydroxyl groups excluding tert-OH is 1. The molecule has 1 saturated heterocycles. The molecular weight excluding hydrogens is 202 g/mol. The van der Waals surface area contributed by atoms with Crippen molar-refractivity contribution in [3.05, 3.63) is 0 Å². The van der Waals surface area contributed by atoms with Gasteiger partial charge in [0.2, 0.25) is 0 Å². The van der Waals surface area contributed by atoms with Crippen molar-refractivity contribution < 1.29 is 9.84 Å². The zero-order valence-electron chi connectivity index (χ0n) is 8.95. The Morgan fingerprint density at radius 2 is 2.36 bits per heavy atom. The van der Waals surface area contributed by atoms with Crippen molar-refractivity contribution >= 4 is 11.6 Å². The van der Waals surface area contributed by atoms with E-state index in [1.165, 1.54) is 0 Å². The lowest BCUT2D eigenvalue weighted by Crippen LogP contribution is -2.51. The minimum Gasteiger partial charge on any atom is -0.391 e. The van der Waals surface area contributed by atoms with Gasteiger partial charge in [-0.3, -0.25) is 4.90 Å². The van der Waals surface area contributed by atoms with Crippen molar-refractivity contribution in [2.24, 2.45) is 0 Å². The minimum absolute atomic E-state index is 0.264. The summed E-state index contributed by atoms with van der Waals surface area (Å²) in [5.74, 6) is 0.308. The van der Waals surface area contributed by atoms with Gasteiger partial charge in [-0.1, -0.05) is 6.92 Å². The first-order valence-electron chi connectivity index (χ1n) is 5.27. The highest BCUT2D eigenvalue weighted by Crippen LogP contribution is 2.14. The molecule has 0 saturated carbocycles. The molecule has 3 unspecified atom stereocenters. The van der Waals surface area contributed by atoms with Gasteiger partial charge in [-0.05, 0) is 13.3 Å². The summed E-state index contributed by atoms with van der Waals surface area (Å²) in [5.41, 5.74) is 0. The first kappa shape index (κ1) is 12.2. The van der Waals surface area contributed by atoms with Crippen LogP contribution in [0.1, 0.15) is 20.3 Å². The van der Waals surface area contributed by atoms with E-state index in [2.05, 4.69) is 18.7 Å². The third-order valence-electron chi connectivity index (χ3n) is 2.68. The maximum Gasteiger partial charge on any atom is 0.0802 e. The second-order valence-electron chi connectivity index (χ2n) is 3.97. The van der Waals surface area contributed by atoms with Crippen LogP contribution in [0.25, 0.3) is 0 Å². The van der Waals surface area contributed by atoms with Gasteiger partial charge in [-0.15, -0.1) is 11.6 Å². The molecule has 1 aliphatic rings. The summed E-state index contributed by atoms with van der Waals surface area (Å²) in [6.45, 7) is 6.53. The lowest BCUT2D eigenvalue weighted by Gasteiger charge is -2.39. The van der Waals surface area contributed by atoms with Gasteiger partial charge in [-0.2, -0.15) is 0 Å². The van der Waals surface area contributed by atoms with Crippen molar-refractivity contribution in [3.63, 3.8) is 0 Å². The number of hydrogen-bond donors (Lipinski definition) is 1. The predicted octanol–water partition coefficient (Wildman–Crippen LogP) is 1.09. The molecule has 0 aromatic heterocycles. The van der Waals surface area contributed by atoms with Gasteiger partial charge in [0.15, 0.2) is 0 Å². The van der Waals surface area contributed by atoms with Crippen molar-refractivity contribution in [1.29, 1.82) is 0 Å². The predicted molar refractivity (Wildman–Crippen MR) is 57.8 cm³/mol. The number of ether oxygens (including phenoxy) is 1. The van der Waals surface area contributed by atoms with E-state index >= 15 is 0 Å². The van der Waals surface area contributed by atoms with E-state index in [4.69, 9.17) is 16.3 Å². The molecule has 0 radical (unpaired) electrons. The Bertz CT molecular complexity index is 168. The second-order valence-corrected chi connectivity index (χ2v) is 4.28. The molecule has 0 aromatic rings. The molecule has 1 N–H and O–H groups in total. The minimum atomic E-state index is -0.420. The molecule has 4 heteroatoms. The highest BCUT2D eigenvalue weighted by molar-refractivity contribution is 6.18. The summed E-state index contributed by atoms with van der Waals surface area (Å²) < 4.78 is 5.57. The number of alkyl halides is 1. The molecule has 1 heterocycles. The van der Waals surface area contributed by atoms with Crippen molar-refractivity contribution in [3.8, 4) is 0 Å². The number of hydrogen-bond acceptors (Lipinski definition) is 3. The Morgan fingerprint density at radius 3 is 2.93 bits per heavy atom. The summed E-state index contributed by atoms with van der Waals surface area (Å²) in [4.78, 5) is 2.28. The topological polar surface area (TPSA) is 32.7 Å². The Hall–Kier alpha value is 0.170. The Morgan fingerprint density at radius 1 is 1.64 bits per heavy atom. The number of aliphatic hydroxyl groups is 1. The number of β-amino-alcohol motifs (C(OH)–C–C–N with tert-alkyl or cyclic N) is 1. The Balaban J connectivity index is 2.44. The van der Waals surface area contributed by atoms with Gasteiger partial charge < -0.3 is 9.84 Å². The smallest absolute Gasteiger partial charge is 0.0802 e. The second kappa shape index (κ2) is 5.91. The number of nitrogens with zero attached hydrogens (tertiary/aromatic N) is 1. The molecule has 0 amide bonds. The standard InChI is InChI=1S/C10H20ClNO2/c1-3-9-7-14-8(2)5-12(9)6-10(13)4-11/h8-10,13H,3-7H2,1-2H3. The highest BCUT2D eigenvalue weighted by Gasteiger charge is 2.26. The molecule has 14 heavy (non-hydrogen) atoms.